The molecule has 0 radical (unpaired) electrons. The Kier molecular flexibility index (Phi) is 8.72. The Morgan fingerprint density at radius 2 is 1.71 bits per heavy atom. The molecule has 1 fully saturated rings. The van der Waals surface area contributed by atoms with E-state index in [0.29, 0.717) is 33.4 Å². The smallest absolute Gasteiger partial charge is 0.301 e. The summed E-state index contributed by atoms with van der Waals surface area (Å²) in [5.41, 5.74) is 3.13. The highest BCUT2D eigenvalue weighted by Crippen LogP contribution is 2.44. The van der Waals surface area contributed by atoms with Crippen LogP contribution < -0.4 is 9.64 Å². The van der Waals surface area contributed by atoms with Crippen LogP contribution in [0.2, 0.25) is 0 Å². The molecule has 0 saturated carbocycles. The van der Waals surface area contributed by atoms with Crippen molar-refractivity contribution in [3.8, 4) is 5.75 Å². The summed E-state index contributed by atoms with van der Waals surface area (Å²) in [5.74, 6) is -2.23. The van der Waals surface area contributed by atoms with E-state index in [-0.39, 0.29) is 22.3 Å². The van der Waals surface area contributed by atoms with E-state index in [1.54, 1.807) is 42.5 Å². The summed E-state index contributed by atoms with van der Waals surface area (Å²) in [6.07, 6.45) is 0. The Bertz CT molecular complexity index is 1910. The second-order valence-electron chi connectivity index (χ2n) is 10.3. The van der Waals surface area contributed by atoms with Gasteiger partial charge in [0.15, 0.2) is 4.34 Å². The number of hydrogen-bond donors (Lipinski definition) is 1. The molecule has 1 aromatic heterocycles. The minimum absolute atomic E-state index is 0.112. The molecule has 1 aliphatic heterocycles. The summed E-state index contributed by atoms with van der Waals surface area (Å²) in [6, 6.07) is 25.1. The topological polar surface area (TPSA) is 92.6 Å². The molecular weight excluding hydrogens is 617 g/mol. The van der Waals surface area contributed by atoms with Gasteiger partial charge in [0, 0.05) is 11.3 Å². The highest BCUT2D eigenvalue weighted by Gasteiger charge is 2.48. The SMILES string of the molecule is Cc1cccc(COc2ccc(/C(O)=C3\C(=O)C(=O)N(c4nnc(SCc5ccccc5F)s4)C3c3ccc(F)cc3)cc2)c1. The van der Waals surface area contributed by atoms with E-state index in [1.807, 2.05) is 31.2 Å². The van der Waals surface area contributed by atoms with Gasteiger partial charge in [-0.2, -0.15) is 0 Å². The molecule has 4 aromatic carbocycles. The van der Waals surface area contributed by atoms with Crippen LogP contribution in [-0.4, -0.2) is 27.0 Å². The Hall–Kier alpha value is -4.87. The summed E-state index contributed by atoms with van der Waals surface area (Å²) < 4.78 is 34.3. The number of aromatic nitrogens is 2. The van der Waals surface area contributed by atoms with Gasteiger partial charge in [-0.25, -0.2) is 8.78 Å². The van der Waals surface area contributed by atoms with Crippen LogP contribution in [-0.2, 0) is 21.9 Å². The number of nitrogens with zero attached hydrogens (tertiary/aromatic N) is 3. The number of aliphatic hydroxyl groups excluding tert-OH is 1. The second kappa shape index (κ2) is 13.0. The zero-order valence-electron chi connectivity index (χ0n) is 23.8. The van der Waals surface area contributed by atoms with E-state index in [4.69, 9.17) is 4.74 Å². The fraction of sp³-hybridized carbons (Fsp3) is 0.118. The molecule has 0 bridgehead atoms. The minimum atomic E-state index is -1.10. The lowest BCUT2D eigenvalue weighted by molar-refractivity contribution is -0.132. The molecule has 226 valence electrons. The number of amides is 1. The van der Waals surface area contributed by atoms with Crippen molar-refractivity contribution >= 4 is 45.7 Å². The van der Waals surface area contributed by atoms with E-state index < -0.39 is 29.3 Å². The molecule has 0 spiro atoms. The van der Waals surface area contributed by atoms with Crippen molar-refractivity contribution in [1.29, 1.82) is 0 Å². The highest BCUT2D eigenvalue weighted by atomic mass is 32.2. The van der Waals surface area contributed by atoms with Crippen molar-refractivity contribution in [2.75, 3.05) is 4.90 Å². The van der Waals surface area contributed by atoms with Crippen molar-refractivity contribution in [1.82, 2.24) is 10.2 Å². The van der Waals surface area contributed by atoms with Gasteiger partial charge in [0.05, 0.1) is 11.6 Å². The number of hydrogen-bond acceptors (Lipinski definition) is 8. The Morgan fingerprint density at radius 1 is 0.956 bits per heavy atom. The average Bonchev–Trinajstić information content (AvgIpc) is 3.61. The normalized spacial score (nSPS) is 15.9. The van der Waals surface area contributed by atoms with Crippen LogP contribution in [0.5, 0.6) is 5.75 Å². The lowest BCUT2D eigenvalue weighted by Gasteiger charge is -2.22. The third kappa shape index (κ3) is 6.50. The van der Waals surface area contributed by atoms with E-state index >= 15 is 0 Å². The van der Waals surface area contributed by atoms with Crippen LogP contribution in [0.4, 0.5) is 13.9 Å². The number of aryl methyl sites for hydroxylation is 1. The van der Waals surface area contributed by atoms with E-state index in [9.17, 15) is 23.5 Å². The third-order valence-corrected chi connectivity index (χ3v) is 9.26. The Labute approximate surface area is 265 Å². The summed E-state index contributed by atoms with van der Waals surface area (Å²) >= 11 is 2.29. The van der Waals surface area contributed by atoms with Crippen LogP contribution in [0.25, 0.3) is 5.76 Å². The van der Waals surface area contributed by atoms with E-state index in [1.165, 1.54) is 42.1 Å². The van der Waals surface area contributed by atoms with Crippen molar-refractivity contribution < 1.29 is 28.2 Å². The number of rotatable bonds is 9. The predicted octanol–water partition coefficient (Wildman–Crippen LogP) is 7.62. The molecule has 1 atom stereocenters. The van der Waals surface area contributed by atoms with Crippen LogP contribution in [0.3, 0.4) is 0 Å². The molecule has 7 nitrogen and oxygen atoms in total. The Balaban J connectivity index is 1.30. The van der Waals surface area contributed by atoms with E-state index in [0.717, 1.165) is 27.4 Å². The van der Waals surface area contributed by atoms with Crippen LogP contribution >= 0.6 is 23.1 Å². The van der Waals surface area contributed by atoms with Gasteiger partial charge in [-0.15, -0.1) is 10.2 Å². The first-order valence-electron chi connectivity index (χ1n) is 13.8. The van der Waals surface area contributed by atoms with Gasteiger partial charge in [0.2, 0.25) is 5.13 Å². The number of ether oxygens (including phenoxy) is 1. The Morgan fingerprint density at radius 3 is 2.44 bits per heavy atom. The van der Waals surface area contributed by atoms with Gasteiger partial charge in [0.1, 0.15) is 29.8 Å². The lowest BCUT2D eigenvalue weighted by atomic mass is 9.95. The number of ketones is 1. The lowest BCUT2D eigenvalue weighted by Crippen LogP contribution is -2.29. The van der Waals surface area contributed by atoms with Crippen molar-refractivity contribution in [3.05, 3.63) is 142 Å². The monoisotopic (exact) mass is 641 g/mol. The molecule has 5 aromatic rings. The fourth-order valence-electron chi connectivity index (χ4n) is 4.94. The van der Waals surface area contributed by atoms with Crippen LogP contribution in [0.15, 0.2) is 107 Å². The largest absolute Gasteiger partial charge is 0.507 e. The standard InChI is InChI=1S/C34H25F2N3O4S2/c1-20-5-4-6-21(17-20)18-43-26-15-11-23(12-16-26)30(40)28-29(22-9-13-25(35)14-10-22)39(32(42)31(28)41)33-37-38-34(45-33)44-19-24-7-2-3-8-27(24)36/h2-17,29,40H,18-19H2,1H3/b30-28+. The van der Waals surface area contributed by atoms with Gasteiger partial charge in [-0.05, 0) is 66.1 Å². The maximum absolute atomic E-state index is 14.1. The summed E-state index contributed by atoms with van der Waals surface area (Å²) in [4.78, 5) is 28.1. The number of carbonyl (C=O) groups excluding carboxylic acids is 2. The third-order valence-electron chi connectivity index (χ3n) is 7.16. The molecule has 1 aliphatic rings. The number of thioether (sulfide) groups is 1. The van der Waals surface area contributed by atoms with Gasteiger partial charge in [0.25, 0.3) is 5.78 Å². The summed E-state index contributed by atoms with van der Waals surface area (Å²) in [6.45, 7) is 2.35. The molecule has 1 unspecified atom stereocenters. The number of benzene rings is 4. The van der Waals surface area contributed by atoms with Crippen molar-refractivity contribution in [2.45, 2.75) is 29.7 Å². The first-order chi connectivity index (χ1) is 21.8. The molecular formula is C34H25F2N3O4S2. The van der Waals surface area contributed by atoms with Crippen LogP contribution in [0.1, 0.15) is 33.9 Å². The summed E-state index contributed by atoms with van der Waals surface area (Å²) in [7, 11) is 0. The average molecular weight is 642 g/mol. The number of aliphatic hydroxyl groups is 1. The first-order valence-corrected chi connectivity index (χ1v) is 15.6. The molecule has 1 N–H and O–H groups in total. The number of halogens is 2. The predicted molar refractivity (Wildman–Crippen MR) is 169 cm³/mol. The number of carbonyl (C=O) groups is 2. The number of Topliss-reactive ketones (excluding diaryl/α,β-unsaturated/α-hetero) is 1. The number of anilines is 1. The summed E-state index contributed by atoms with van der Waals surface area (Å²) in [5, 5.41) is 19.8. The first kappa shape index (κ1) is 30.2. The molecule has 0 aliphatic carbocycles. The molecule has 45 heavy (non-hydrogen) atoms. The maximum atomic E-state index is 14.1. The minimum Gasteiger partial charge on any atom is -0.507 e. The van der Waals surface area contributed by atoms with Gasteiger partial charge in [-0.1, -0.05) is 83.3 Å². The molecule has 1 amide bonds. The fourth-order valence-corrected chi connectivity index (χ4v) is 6.79. The van der Waals surface area contributed by atoms with Gasteiger partial charge in [-0.3, -0.25) is 14.5 Å². The molecule has 2 heterocycles. The molecule has 6 rings (SSSR count). The van der Waals surface area contributed by atoms with Crippen molar-refractivity contribution in [3.63, 3.8) is 0 Å². The zero-order chi connectivity index (χ0) is 31.5. The second-order valence-corrected chi connectivity index (χ2v) is 12.4. The highest BCUT2D eigenvalue weighted by molar-refractivity contribution is 8.00. The molecule has 1 saturated heterocycles. The van der Waals surface area contributed by atoms with Crippen LogP contribution in [0, 0.1) is 18.6 Å². The van der Waals surface area contributed by atoms with E-state index in [2.05, 4.69) is 10.2 Å². The van der Waals surface area contributed by atoms with Gasteiger partial charge < -0.3 is 9.84 Å². The molecule has 11 heteroatoms. The zero-order valence-corrected chi connectivity index (χ0v) is 25.4. The van der Waals surface area contributed by atoms with Crippen molar-refractivity contribution in [2.24, 2.45) is 0 Å². The maximum Gasteiger partial charge on any atom is 0.301 e. The van der Waals surface area contributed by atoms with Gasteiger partial charge >= 0.3 is 5.91 Å². The quantitative estimate of drug-likeness (QED) is 0.0582.